The number of nitrogens with two attached hydrogens (primary N) is 1. The third kappa shape index (κ3) is 3.53. The molecule has 0 aromatic rings. The maximum Gasteiger partial charge on any atom is 0.223 e. The lowest BCUT2D eigenvalue weighted by molar-refractivity contribution is -0.128. The number of nitrogens with one attached hydrogen (secondary N) is 1. The van der Waals surface area contributed by atoms with Gasteiger partial charge in [-0.25, -0.2) is 0 Å². The first-order valence-corrected chi connectivity index (χ1v) is 8.30. The Morgan fingerprint density at radius 3 is 2.75 bits per heavy atom. The third-order valence-corrected chi connectivity index (χ3v) is 5.44. The smallest absolute Gasteiger partial charge is 0.223 e. The fraction of sp³-hybridized carbons (Fsp3) is 0.938. The quantitative estimate of drug-likeness (QED) is 0.823. The van der Waals surface area contributed by atoms with Crippen LogP contribution < -0.4 is 11.1 Å². The first-order chi connectivity index (χ1) is 9.52. The van der Waals surface area contributed by atoms with Gasteiger partial charge in [0.25, 0.3) is 0 Å². The Balaban J connectivity index is 1.82. The third-order valence-electron chi connectivity index (χ3n) is 5.44. The molecule has 1 heterocycles. The monoisotopic (exact) mass is 281 g/mol. The van der Waals surface area contributed by atoms with E-state index in [9.17, 15) is 4.79 Å². The number of nitrogens with zero attached hydrogens (tertiary/aromatic N) is 1. The van der Waals surface area contributed by atoms with Gasteiger partial charge in [-0.2, -0.15) is 0 Å². The molecule has 2 rings (SSSR count). The highest BCUT2D eigenvalue weighted by Gasteiger charge is 2.35. The second kappa shape index (κ2) is 6.90. The largest absolute Gasteiger partial charge is 0.354 e. The summed E-state index contributed by atoms with van der Waals surface area (Å²) in [5.41, 5.74) is 6.14. The number of carbonyl (C=O) groups excluding carboxylic acids is 1. The van der Waals surface area contributed by atoms with Crippen LogP contribution in [0.2, 0.25) is 0 Å². The fourth-order valence-corrected chi connectivity index (χ4v) is 3.94. The number of hydrogen-bond acceptors (Lipinski definition) is 3. The molecule has 2 aliphatic rings. The van der Waals surface area contributed by atoms with Crippen LogP contribution in [0.25, 0.3) is 0 Å². The summed E-state index contributed by atoms with van der Waals surface area (Å²) in [4.78, 5) is 14.9. The number of carbonyl (C=O) groups is 1. The van der Waals surface area contributed by atoms with Crippen LogP contribution >= 0.6 is 0 Å². The van der Waals surface area contributed by atoms with E-state index in [2.05, 4.69) is 31.0 Å². The molecule has 5 atom stereocenters. The van der Waals surface area contributed by atoms with Crippen LogP contribution in [-0.4, -0.2) is 42.5 Å². The first kappa shape index (κ1) is 15.8. The Bertz CT molecular complexity index is 334. The number of hydrogen-bond donors (Lipinski definition) is 2. The normalized spacial score (nSPS) is 38.9. The zero-order chi connectivity index (χ0) is 14.7. The standard InChI is InChI=1S/C16H31N3O/c1-4-19-7-5-6-13(19)10-18-16(20)14-9-15(17)12(3)8-11(14)2/h11-15H,4-10,17H2,1-3H3,(H,18,20). The van der Waals surface area contributed by atoms with E-state index in [-0.39, 0.29) is 17.9 Å². The van der Waals surface area contributed by atoms with Crippen LogP contribution in [-0.2, 0) is 4.79 Å². The summed E-state index contributed by atoms with van der Waals surface area (Å²) in [7, 11) is 0. The van der Waals surface area contributed by atoms with Crippen molar-refractivity contribution in [1.29, 1.82) is 0 Å². The summed E-state index contributed by atoms with van der Waals surface area (Å²) >= 11 is 0. The summed E-state index contributed by atoms with van der Waals surface area (Å²) in [6, 6.07) is 0.719. The zero-order valence-electron chi connectivity index (χ0n) is 13.3. The lowest BCUT2D eigenvalue weighted by Crippen LogP contribution is -2.47. The second-order valence-corrected chi connectivity index (χ2v) is 6.87. The van der Waals surface area contributed by atoms with Gasteiger partial charge in [-0.15, -0.1) is 0 Å². The zero-order valence-corrected chi connectivity index (χ0v) is 13.3. The molecular weight excluding hydrogens is 250 g/mol. The number of likely N-dealkylation sites (tertiary alicyclic amines) is 1. The predicted octanol–water partition coefficient (Wildman–Crippen LogP) is 1.60. The molecule has 0 aromatic carbocycles. The summed E-state index contributed by atoms with van der Waals surface area (Å²) < 4.78 is 0. The van der Waals surface area contributed by atoms with E-state index in [0.29, 0.717) is 17.9 Å². The van der Waals surface area contributed by atoms with E-state index >= 15 is 0 Å². The average Bonchev–Trinajstić information content (AvgIpc) is 2.87. The van der Waals surface area contributed by atoms with Crippen LogP contribution in [0.1, 0.15) is 46.5 Å². The molecule has 1 saturated carbocycles. The average molecular weight is 281 g/mol. The summed E-state index contributed by atoms with van der Waals surface area (Å²) in [6.45, 7) is 9.67. The van der Waals surface area contributed by atoms with Crippen molar-refractivity contribution in [2.75, 3.05) is 19.6 Å². The lowest BCUT2D eigenvalue weighted by atomic mass is 9.72. The Kier molecular flexibility index (Phi) is 5.44. The first-order valence-electron chi connectivity index (χ1n) is 8.30. The molecule has 4 nitrogen and oxygen atoms in total. The van der Waals surface area contributed by atoms with Crippen molar-refractivity contribution in [3.8, 4) is 0 Å². The van der Waals surface area contributed by atoms with Crippen LogP contribution in [0.5, 0.6) is 0 Å². The van der Waals surface area contributed by atoms with Gasteiger partial charge >= 0.3 is 0 Å². The van der Waals surface area contributed by atoms with Gasteiger partial charge in [-0.3, -0.25) is 9.69 Å². The molecule has 5 unspecified atom stereocenters. The highest BCUT2D eigenvalue weighted by atomic mass is 16.1. The molecule has 2 fully saturated rings. The van der Waals surface area contributed by atoms with E-state index in [1.165, 1.54) is 19.4 Å². The number of amides is 1. The van der Waals surface area contributed by atoms with E-state index in [4.69, 9.17) is 5.73 Å². The molecule has 3 N–H and O–H groups in total. The highest BCUT2D eigenvalue weighted by molar-refractivity contribution is 5.79. The van der Waals surface area contributed by atoms with E-state index in [1.807, 2.05) is 0 Å². The lowest BCUT2D eigenvalue weighted by Gasteiger charge is -2.36. The van der Waals surface area contributed by atoms with Crippen molar-refractivity contribution < 1.29 is 4.79 Å². The Morgan fingerprint density at radius 2 is 2.05 bits per heavy atom. The van der Waals surface area contributed by atoms with Crippen molar-refractivity contribution in [3.63, 3.8) is 0 Å². The molecule has 1 saturated heterocycles. The Hall–Kier alpha value is -0.610. The Morgan fingerprint density at radius 1 is 1.30 bits per heavy atom. The van der Waals surface area contributed by atoms with E-state index < -0.39 is 0 Å². The van der Waals surface area contributed by atoms with E-state index in [1.54, 1.807) is 0 Å². The van der Waals surface area contributed by atoms with Crippen molar-refractivity contribution in [2.45, 2.75) is 58.5 Å². The molecule has 4 heteroatoms. The second-order valence-electron chi connectivity index (χ2n) is 6.87. The molecule has 20 heavy (non-hydrogen) atoms. The van der Waals surface area contributed by atoms with Gasteiger partial charge in [0.15, 0.2) is 0 Å². The van der Waals surface area contributed by atoms with Crippen molar-refractivity contribution in [1.82, 2.24) is 10.2 Å². The minimum Gasteiger partial charge on any atom is -0.354 e. The van der Waals surface area contributed by atoms with Gasteiger partial charge in [-0.1, -0.05) is 20.8 Å². The van der Waals surface area contributed by atoms with Crippen LogP contribution in [0.15, 0.2) is 0 Å². The van der Waals surface area contributed by atoms with Crippen LogP contribution in [0.3, 0.4) is 0 Å². The van der Waals surface area contributed by atoms with E-state index in [0.717, 1.165) is 25.9 Å². The molecule has 0 bridgehead atoms. The van der Waals surface area contributed by atoms with Crippen molar-refractivity contribution in [2.24, 2.45) is 23.5 Å². The Labute approximate surface area is 123 Å². The van der Waals surface area contributed by atoms with Gasteiger partial charge in [-0.05, 0) is 50.6 Å². The van der Waals surface area contributed by atoms with Crippen molar-refractivity contribution >= 4 is 5.91 Å². The van der Waals surface area contributed by atoms with Gasteiger partial charge < -0.3 is 11.1 Å². The van der Waals surface area contributed by atoms with Gasteiger partial charge in [0.05, 0.1) is 0 Å². The minimum atomic E-state index is 0.109. The highest BCUT2D eigenvalue weighted by Crippen LogP contribution is 2.33. The maximum absolute atomic E-state index is 12.4. The summed E-state index contributed by atoms with van der Waals surface area (Å²) in [5.74, 6) is 1.33. The maximum atomic E-state index is 12.4. The van der Waals surface area contributed by atoms with Gasteiger partial charge in [0.1, 0.15) is 0 Å². The van der Waals surface area contributed by atoms with Gasteiger partial charge in [0, 0.05) is 24.5 Å². The fourth-order valence-electron chi connectivity index (χ4n) is 3.94. The minimum absolute atomic E-state index is 0.109. The summed E-state index contributed by atoms with van der Waals surface area (Å²) in [6.07, 6.45) is 4.39. The summed E-state index contributed by atoms with van der Waals surface area (Å²) in [5, 5.41) is 3.19. The molecule has 116 valence electrons. The van der Waals surface area contributed by atoms with Gasteiger partial charge in [0.2, 0.25) is 5.91 Å². The molecule has 0 aromatic heterocycles. The topological polar surface area (TPSA) is 58.4 Å². The van der Waals surface area contributed by atoms with Crippen LogP contribution in [0, 0.1) is 17.8 Å². The van der Waals surface area contributed by atoms with Crippen molar-refractivity contribution in [3.05, 3.63) is 0 Å². The molecule has 1 amide bonds. The molecule has 1 aliphatic carbocycles. The SMILES string of the molecule is CCN1CCCC1CNC(=O)C1CC(N)C(C)CC1C. The predicted molar refractivity (Wildman–Crippen MR) is 82.3 cm³/mol. The molecular formula is C16H31N3O. The number of rotatable bonds is 4. The molecule has 0 spiro atoms. The molecule has 1 aliphatic heterocycles. The van der Waals surface area contributed by atoms with Crippen LogP contribution in [0.4, 0.5) is 0 Å². The molecule has 0 radical (unpaired) electrons. The number of likely N-dealkylation sites (N-methyl/N-ethyl adjacent to an activating group) is 1.